The molecular formula is C17H15F2N5O2. The Hall–Kier alpha value is -3.06. The van der Waals surface area contributed by atoms with Crippen LogP contribution in [0.1, 0.15) is 18.4 Å². The van der Waals surface area contributed by atoms with Crippen LogP contribution in [0.15, 0.2) is 47.8 Å². The lowest BCUT2D eigenvalue weighted by Crippen LogP contribution is -2.32. The average Bonchev–Trinajstić information content (AvgIpc) is 2.87. The molecule has 1 aromatic heterocycles. The lowest BCUT2D eigenvalue weighted by molar-refractivity contribution is -0.150. The minimum atomic E-state index is -3.36. The maximum Gasteiger partial charge on any atom is 0.310 e. The average molecular weight is 359 g/mol. The van der Waals surface area contributed by atoms with Crippen LogP contribution in [-0.2, 0) is 11.2 Å². The predicted molar refractivity (Wildman–Crippen MR) is 88.4 cm³/mol. The zero-order valence-corrected chi connectivity index (χ0v) is 13.6. The topological polar surface area (TPSA) is 112 Å². The van der Waals surface area contributed by atoms with Gasteiger partial charge in [0.1, 0.15) is 6.04 Å². The molecule has 2 aromatic rings. The van der Waals surface area contributed by atoms with Gasteiger partial charge in [0.05, 0.1) is 5.41 Å². The highest BCUT2D eigenvalue weighted by atomic mass is 19.3. The van der Waals surface area contributed by atoms with E-state index in [4.69, 9.17) is 5.53 Å². The Bertz CT molecular complexity index is 870. The Balaban J connectivity index is 1.93. The van der Waals surface area contributed by atoms with Gasteiger partial charge in [-0.15, -0.1) is 0 Å². The lowest BCUT2D eigenvalue weighted by Gasteiger charge is -2.24. The minimum absolute atomic E-state index is 0.101. The van der Waals surface area contributed by atoms with Gasteiger partial charge in [-0.1, -0.05) is 23.3 Å². The first-order valence-electron chi connectivity index (χ1n) is 7.88. The third-order valence-corrected chi connectivity index (χ3v) is 4.58. The monoisotopic (exact) mass is 359 g/mol. The highest BCUT2D eigenvalue weighted by Gasteiger charge is 2.59. The van der Waals surface area contributed by atoms with E-state index in [0.29, 0.717) is 17.0 Å². The molecule has 1 aromatic carbocycles. The van der Waals surface area contributed by atoms with Crippen LogP contribution in [-0.4, -0.2) is 33.0 Å². The number of alkyl halides is 2. The number of aliphatic carboxylic acids is 1. The van der Waals surface area contributed by atoms with Gasteiger partial charge in [0.15, 0.2) is 5.82 Å². The number of aromatic nitrogens is 2. The van der Waals surface area contributed by atoms with E-state index in [1.807, 2.05) is 0 Å². The number of hydrogen-bond acceptors (Lipinski definition) is 4. The van der Waals surface area contributed by atoms with Crippen molar-refractivity contribution in [3.8, 4) is 11.4 Å². The smallest absolute Gasteiger partial charge is 0.310 e. The first kappa shape index (κ1) is 17.8. The number of benzene rings is 1. The fourth-order valence-corrected chi connectivity index (χ4v) is 3.38. The normalized spacial score (nSPS) is 24.0. The van der Waals surface area contributed by atoms with Crippen molar-refractivity contribution in [1.29, 1.82) is 0 Å². The Morgan fingerprint density at radius 2 is 2.08 bits per heavy atom. The quantitative estimate of drug-likeness (QED) is 0.496. The third kappa shape index (κ3) is 3.34. The molecule has 1 heterocycles. The molecule has 0 bridgehead atoms. The van der Waals surface area contributed by atoms with Crippen molar-refractivity contribution < 1.29 is 18.7 Å². The molecule has 134 valence electrons. The highest BCUT2D eigenvalue weighted by Crippen LogP contribution is 2.51. The van der Waals surface area contributed by atoms with Crippen LogP contribution < -0.4 is 0 Å². The Kier molecular flexibility index (Phi) is 4.56. The molecule has 1 N–H and O–H groups in total. The van der Waals surface area contributed by atoms with Gasteiger partial charge in [-0.25, -0.2) is 18.7 Å². The van der Waals surface area contributed by atoms with Crippen molar-refractivity contribution in [3.05, 3.63) is 58.7 Å². The maximum absolute atomic E-state index is 14.1. The molecule has 9 heteroatoms. The predicted octanol–water partition coefficient (Wildman–Crippen LogP) is 3.87. The number of nitrogens with zero attached hydrogens (tertiary/aromatic N) is 5. The number of azide groups is 1. The molecule has 26 heavy (non-hydrogen) atoms. The molecule has 0 spiro atoms. The molecule has 1 fully saturated rings. The molecule has 0 aliphatic heterocycles. The summed E-state index contributed by atoms with van der Waals surface area (Å²) in [5.41, 5.74) is 8.03. The van der Waals surface area contributed by atoms with Crippen molar-refractivity contribution in [3.63, 3.8) is 0 Å². The summed E-state index contributed by atoms with van der Waals surface area (Å²) >= 11 is 0. The Morgan fingerprint density at radius 3 is 2.73 bits per heavy atom. The molecular weight excluding hydrogens is 344 g/mol. The second kappa shape index (κ2) is 6.68. The minimum Gasteiger partial charge on any atom is -0.481 e. The first-order chi connectivity index (χ1) is 12.4. The van der Waals surface area contributed by atoms with Crippen molar-refractivity contribution in [2.75, 3.05) is 0 Å². The summed E-state index contributed by atoms with van der Waals surface area (Å²) in [6.45, 7) is 0. The molecule has 2 atom stereocenters. The van der Waals surface area contributed by atoms with E-state index in [1.54, 1.807) is 42.7 Å². The summed E-state index contributed by atoms with van der Waals surface area (Å²) in [6, 6.07) is 6.84. The molecule has 7 nitrogen and oxygen atoms in total. The fourth-order valence-electron chi connectivity index (χ4n) is 3.38. The van der Waals surface area contributed by atoms with Crippen LogP contribution in [0.5, 0.6) is 0 Å². The second-order valence-corrected chi connectivity index (χ2v) is 6.40. The third-order valence-electron chi connectivity index (χ3n) is 4.58. The molecule has 0 amide bonds. The van der Waals surface area contributed by atoms with Crippen LogP contribution in [0.2, 0.25) is 0 Å². The van der Waals surface area contributed by atoms with Crippen molar-refractivity contribution in [2.24, 2.45) is 10.5 Å². The molecule has 0 radical (unpaired) electrons. The van der Waals surface area contributed by atoms with Gasteiger partial charge >= 0.3 is 5.97 Å². The molecule has 1 aliphatic rings. The summed E-state index contributed by atoms with van der Waals surface area (Å²) in [4.78, 5) is 22.5. The van der Waals surface area contributed by atoms with Gasteiger partial charge in [0, 0.05) is 29.3 Å². The standard InChI is InChI=1S/C17H15F2N5O2/c18-17(19)10-16(15(25)26,9-13(17)23-24-20)8-11-3-1-4-12(7-11)14-21-5-2-6-22-14/h1-7,13H,8-10H2,(H,25,26)/t13-,16-/m1/s1. The van der Waals surface area contributed by atoms with Crippen LogP contribution >= 0.6 is 0 Å². The molecule has 0 saturated heterocycles. The van der Waals surface area contributed by atoms with Gasteiger partial charge in [-0.3, -0.25) is 4.79 Å². The number of hydrogen-bond donors (Lipinski definition) is 1. The zero-order valence-electron chi connectivity index (χ0n) is 13.6. The number of halogens is 2. The summed E-state index contributed by atoms with van der Waals surface area (Å²) in [6.07, 6.45) is 1.78. The van der Waals surface area contributed by atoms with Crippen LogP contribution in [0.25, 0.3) is 21.8 Å². The summed E-state index contributed by atoms with van der Waals surface area (Å²) in [5, 5.41) is 12.7. The maximum atomic E-state index is 14.1. The van der Waals surface area contributed by atoms with E-state index in [9.17, 15) is 18.7 Å². The SMILES string of the molecule is [N-]=[N+]=N[C@@H]1C[C@@](Cc2cccc(-c3ncccn3)c2)(C(=O)O)CC1(F)F. The summed E-state index contributed by atoms with van der Waals surface area (Å²) in [5.74, 6) is -4.22. The van der Waals surface area contributed by atoms with Crippen molar-refractivity contribution in [1.82, 2.24) is 9.97 Å². The van der Waals surface area contributed by atoms with Crippen LogP contribution in [0.4, 0.5) is 8.78 Å². The van der Waals surface area contributed by atoms with E-state index in [2.05, 4.69) is 20.0 Å². The number of carboxylic acid groups (broad SMARTS) is 1. The van der Waals surface area contributed by atoms with Crippen LogP contribution in [0.3, 0.4) is 0 Å². The van der Waals surface area contributed by atoms with E-state index >= 15 is 0 Å². The summed E-state index contributed by atoms with van der Waals surface area (Å²) < 4.78 is 28.3. The van der Waals surface area contributed by atoms with E-state index in [0.717, 1.165) is 0 Å². The summed E-state index contributed by atoms with van der Waals surface area (Å²) in [7, 11) is 0. The van der Waals surface area contributed by atoms with Crippen molar-refractivity contribution in [2.45, 2.75) is 31.2 Å². The van der Waals surface area contributed by atoms with Gasteiger partial charge in [0.25, 0.3) is 5.92 Å². The number of carboxylic acids is 1. The zero-order chi connectivity index (χ0) is 18.8. The number of carbonyl (C=O) groups is 1. The van der Waals surface area contributed by atoms with Crippen molar-refractivity contribution >= 4 is 5.97 Å². The lowest BCUT2D eigenvalue weighted by atomic mass is 9.79. The van der Waals surface area contributed by atoms with Gasteiger partial charge < -0.3 is 5.11 Å². The highest BCUT2D eigenvalue weighted by molar-refractivity contribution is 5.76. The van der Waals surface area contributed by atoms with E-state index in [1.165, 1.54) is 0 Å². The second-order valence-electron chi connectivity index (χ2n) is 6.40. The molecule has 0 unspecified atom stereocenters. The largest absolute Gasteiger partial charge is 0.481 e. The molecule has 3 rings (SSSR count). The fraction of sp³-hybridized carbons (Fsp3) is 0.353. The van der Waals surface area contributed by atoms with E-state index < -0.39 is 36.2 Å². The van der Waals surface area contributed by atoms with Crippen LogP contribution in [0, 0.1) is 5.41 Å². The number of rotatable bonds is 5. The van der Waals surface area contributed by atoms with Gasteiger partial charge in [-0.2, -0.15) is 0 Å². The Morgan fingerprint density at radius 1 is 1.35 bits per heavy atom. The molecule has 1 saturated carbocycles. The molecule has 1 aliphatic carbocycles. The van der Waals surface area contributed by atoms with Gasteiger partial charge in [0.2, 0.25) is 0 Å². The first-order valence-corrected chi connectivity index (χ1v) is 7.88. The van der Waals surface area contributed by atoms with E-state index in [-0.39, 0.29) is 6.42 Å². The Labute approximate surface area is 147 Å². The van der Waals surface area contributed by atoms with Gasteiger partial charge in [-0.05, 0) is 36.1 Å².